The molecule has 0 saturated carbocycles. The van der Waals surface area contributed by atoms with Crippen molar-refractivity contribution in [3.05, 3.63) is 342 Å². The Balaban J connectivity index is 0.00000183. The van der Waals surface area contributed by atoms with Gasteiger partial charge in [0.1, 0.15) is 86.6 Å². The molecule has 0 N–H and O–H groups in total. The van der Waals surface area contributed by atoms with Crippen LogP contribution in [0.25, 0.3) is 0 Å². The van der Waals surface area contributed by atoms with E-state index < -0.39 is 137 Å². The second-order valence-corrected chi connectivity index (χ2v) is 31.0. The van der Waals surface area contributed by atoms with Crippen LogP contribution in [0.15, 0.2) is 292 Å². The number of aromatic nitrogens is 2. The van der Waals surface area contributed by atoms with Gasteiger partial charge in [0.15, 0.2) is 31.1 Å². The molecule has 15 atom stereocenters. The summed E-state index contributed by atoms with van der Waals surface area (Å²) in [4.78, 5) is 58.5. The molecule has 0 amide bonds. The van der Waals surface area contributed by atoms with E-state index >= 15 is 0 Å². The Morgan fingerprint density at radius 1 is 0.364 bits per heavy atom. The zero-order valence-electron chi connectivity index (χ0n) is 66.5. The summed E-state index contributed by atoms with van der Waals surface area (Å²) in [5, 5.41) is 0. The van der Waals surface area contributed by atoms with E-state index in [9.17, 15) is 44.4 Å². The number of ether oxygens (including phenoxy) is 16. The van der Waals surface area contributed by atoms with E-state index in [-0.39, 0.29) is 69.4 Å². The fraction of sp³-hybridized carbons (Fsp3) is 0.337. The van der Waals surface area contributed by atoms with Crippen molar-refractivity contribution in [3.63, 3.8) is 0 Å². The van der Waals surface area contributed by atoms with Crippen molar-refractivity contribution < 1.29 is 125 Å². The minimum atomic E-state index is -10.7. The predicted octanol–water partition coefficient (Wildman–Crippen LogP) is 16.8. The summed E-state index contributed by atoms with van der Waals surface area (Å²) < 4.78 is 175. The normalized spacial score (nSPS) is 23.4. The third kappa shape index (κ3) is 28.9. The van der Waals surface area contributed by atoms with Crippen molar-refractivity contribution in [1.29, 1.82) is 0 Å². The molecule has 3 aliphatic rings. The van der Waals surface area contributed by atoms with E-state index in [4.69, 9.17) is 75.8 Å². The molecule has 3 saturated heterocycles. The molecule has 0 radical (unpaired) electrons. The van der Waals surface area contributed by atoms with Gasteiger partial charge in [-0.3, -0.25) is 4.79 Å². The Bertz CT molecular complexity index is 4760. The first-order valence-electron chi connectivity index (χ1n) is 39.7. The molecule has 0 bridgehead atoms. The van der Waals surface area contributed by atoms with Gasteiger partial charge in [-0.05, 0) is 89.0 Å². The van der Waals surface area contributed by atoms with Crippen LogP contribution in [0.2, 0.25) is 0 Å². The van der Waals surface area contributed by atoms with E-state index in [1.54, 1.807) is 91.0 Å². The van der Waals surface area contributed by atoms with Crippen LogP contribution >= 0.6 is 7.81 Å². The van der Waals surface area contributed by atoms with E-state index in [1.165, 1.54) is 7.11 Å². The van der Waals surface area contributed by atoms with Crippen LogP contribution in [-0.4, -0.2) is 147 Å². The zero-order chi connectivity index (χ0) is 84.9. The summed E-state index contributed by atoms with van der Waals surface area (Å²) in [5.74, 6) is -2.94. The predicted molar refractivity (Wildman–Crippen MR) is 431 cm³/mol. The van der Waals surface area contributed by atoms with Gasteiger partial charge in [-0.2, -0.15) is 0 Å². The molecular weight excluding hydrogens is 1600 g/mol. The zero-order valence-corrected chi connectivity index (χ0v) is 67.4. The third-order valence-electron chi connectivity index (χ3n) is 19.8. The van der Waals surface area contributed by atoms with Gasteiger partial charge in [0.05, 0.1) is 76.5 Å². The fourth-order valence-corrected chi connectivity index (χ4v) is 13.9. The van der Waals surface area contributed by atoms with Crippen LogP contribution in [0.1, 0.15) is 90.1 Å². The van der Waals surface area contributed by atoms with Gasteiger partial charge in [-0.15, -0.1) is 0 Å². The Kier molecular flexibility index (Phi) is 32.2. The third-order valence-corrected chi connectivity index (χ3v) is 19.8. The van der Waals surface area contributed by atoms with E-state index in [2.05, 4.69) is 4.57 Å². The summed E-state index contributed by atoms with van der Waals surface area (Å²) in [6, 6.07) is 82.9. The van der Waals surface area contributed by atoms with Gasteiger partial charge < -0.3 is 75.8 Å². The van der Waals surface area contributed by atoms with Crippen LogP contribution in [0.4, 0.5) is 25.2 Å². The number of hydrogen-bond acceptors (Lipinski definition) is 20. The van der Waals surface area contributed by atoms with Crippen molar-refractivity contribution in [3.8, 4) is 0 Å². The number of unbranched alkanes of at least 4 members (excludes halogenated alkanes) is 2. The molecule has 121 heavy (non-hydrogen) atoms. The second kappa shape index (κ2) is 43.4. The summed E-state index contributed by atoms with van der Waals surface area (Å²) in [6.07, 6.45) is -12.4. The Morgan fingerprint density at radius 3 is 1.09 bits per heavy atom. The van der Waals surface area contributed by atoms with Gasteiger partial charge in [-0.25, -0.2) is 23.5 Å². The molecule has 9 aromatic carbocycles. The standard InChI is InChI=1S/C92H97N2O20.F6P/c1-93-53-54-94(64-93)52-32-12-31-51-77(95)101-62-75-79(113-91-84(105-59-69-41-21-7-22-42-69)81(103-57-67-37-17-5-18-38-67)78(102-56-66-35-15-4-16-36-66)74(109-91)61-100-55-65-33-13-3-14-34-65)82(104-58-68-39-19-6-20-40-68)85(106-60-70-43-23-8-24-44-70)92(110-75)114-80-76(63-107-87(96)71-45-25-9-26-46-71)108-90(99-2)86(112-89(98)73-49-29-11-30-50-73)83(80)111-88(97)72-47-27-10-28-48-72;1-7(2,3,4,5)6/h3-11,13-30,33-50,53-54,64,74-76,78-86,90-92H,12,31-32,51-52,55-63H2,1-2H3;/q+1;-1/t74-,75-,76-,78-,79-,80+,81+,82+,83+,84-,85-,86-,90+,91-,92-;/m1./s1. The molecule has 4 heterocycles. The number of imidazole rings is 1. The summed E-state index contributed by atoms with van der Waals surface area (Å²) in [7, 11) is -7.36. The van der Waals surface area contributed by atoms with Crippen molar-refractivity contribution in [2.75, 3.05) is 26.9 Å². The van der Waals surface area contributed by atoms with E-state index in [0.717, 1.165) is 46.3 Å². The van der Waals surface area contributed by atoms with Gasteiger partial charge in [0.25, 0.3) is 0 Å². The van der Waals surface area contributed by atoms with E-state index in [1.807, 2.05) is 212 Å². The number of carbonyl (C=O) groups excluding carboxylic acids is 4. The van der Waals surface area contributed by atoms with Crippen LogP contribution in [0.5, 0.6) is 0 Å². The molecule has 1 aromatic heterocycles. The molecule has 0 aliphatic carbocycles. The number of nitrogens with zero attached hydrogens (tertiary/aromatic N) is 2. The maximum atomic E-state index is 15.0. The van der Waals surface area contributed by atoms with Crippen LogP contribution < -0.4 is 4.57 Å². The summed E-state index contributed by atoms with van der Waals surface area (Å²) >= 11 is 0. The topological polar surface area (TPSA) is 225 Å². The molecule has 10 aromatic rings. The molecule has 0 unspecified atom stereocenters. The Morgan fingerprint density at radius 2 is 0.694 bits per heavy atom. The SMILES string of the molecule is CO[C@H]1O[C@H](COC(=O)c2ccccc2)[C@H](O[C@H]2O[C@H](COC(=O)CCCCC[n+]3ccn(C)c3)[C@@H](O[C@H]3O[C@H](COCc4ccccc4)[C@@H](OCc4ccccc4)[C@H](OCc4ccccc4)[C@H]3OCc3ccccc3)[C@H](OCc3ccccc3)[C@H]2OCc2ccccc2)[C@H](OC(=O)c2ccccc2)[C@H]1OC(=O)c1ccccc1.F[P-](F)(F)(F)(F)F. The van der Waals surface area contributed by atoms with Crippen LogP contribution in [0.3, 0.4) is 0 Å². The minimum absolute atomic E-state index is 0.0312. The number of hydrogen-bond donors (Lipinski definition) is 0. The quantitative estimate of drug-likeness (QED) is 0.00871. The molecule has 22 nitrogen and oxygen atoms in total. The average Bonchev–Trinajstić information content (AvgIpc) is 0.870. The number of esters is 4. The first-order chi connectivity index (χ1) is 58.5. The van der Waals surface area contributed by atoms with Crippen LogP contribution in [-0.2, 0) is 134 Å². The molecule has 29 heteroatoms. The average molecular weight is 1700 g/mol. The first-order valence-corrected chi connectivity index (χ1v) is 41.7. The van der Waals surface area contributed by atoms with Crippen molar-refractivity contribution in [1.82, 2.24) is 4.57 Å². The molecule has 0 spiro atoms. The molecule has 3 fully saturated rings. The van der Waals surface area contributed by atoms with Gasteiger partial charge in [0.2, 0.25) is 6.33 Å². The number of rotatable bonds is 39. The maximum absolute atomic E-state index is 15.0. The second-order valence-electron chi connectivity index (χ2n) is 29.1. The van der Waals surface area contributed by atoms with Crippen LogP contribution in [0, 0.1) is 0 Å². The number of halogens is 6. The van der Waals surface area contributed by atoms with Crippen molar-refractivity contribution >= 4 is 31.7 Å². The molecule has 3 aliphatic heterocycles. The fourth-order valence-electron chi connectivity index (χ4n) is 13.9. The monoisotopic (exact) mass is 1690 g/mol. The van der Waals surface area contributed by atoms with Gasteiger partial charge >= 0.3 is 56.9 Å². The van der Waals surface area contributed by atoms with Crippen molar-refractivity contribution in [2.24, 2.45) is 7.05 Å². The number of aryl methyl sites for hydroxylation is 2. The van der Waals surface area contributed by atoms with E-state index in [0.29, 0.717) is 12.8 Å². The summed E-state index contributed by atoms with van der Waals surface area (Å²) in [5.41, 5.74) is 5.50. The Labute approximate surface area is 697 Å². The first kappa shape index (κ1) is 89.8. The number of methoxy groups -OCH3 is 1. The molecule has 642 valence electrons. The van der Waals surface area contributed by atoms with Crippen molar-refractivity contribution in [2.45, 2.75) is 164 Å². The molecular formula is C92H97F6N2O20P. The Hall–Kier alpha value is -10.4. The number of benzene rings is 9. The summed E-state index contributed by atoms with van der Waals surface area (Å²) in [6.45, 7) is 0.0200. The molecule has 13 rings (SSSR count). The number of carbonyl (C=O) groups is 4. The van der Waals surface area contributed by atoms with Gasteiger partial charge in [-0.1, -0.05) is 237 Å². The van der Waals surface area contributed by atoms with Gasteiger partial charge in [0, 0.05) is 13.5 Å².